The smallest absolute Gasteiger partial charge is 0.234 e. The van der Waals surface area contributed by atoms with E-state index in [1.54, 1.807) is 12.1 Å². The third-order valence-corrected chi connectivity index (χ3v) is 5.07. The highest BCUT2D eigenvalue weighted by Gasteiger charge is 2.17. The third-order valence-electron chi connectivity index (χ3n) is 4.15. The molecule has 146 valence electrons. The van der Waals surface area contributed by atoms with E-state index in [-0.39, 0.29) is 11.7 Å². The zero-order valence-corrected chi connectivity index (χ0v) is 16.4. The summed E-state index contributed by atoms with van der Waals surface area (Å²) in [6.07, 6.45) is 3.78. The Kier molecular flexibility index (Phi) is 5.44. The van der Waals surface area contributed by atoms with Crippen molar-refractivity contribution in [1.82, 2.24) is 19.5 Å². The molecule has 2 aromatic carbocycles. The Morgan fingerprint density at radius 3 is 2.62 bits per heavy atom. The van der Waals surface area contributed by atoms with Gasteiger partial charge in [-0.15, -0.1) is 10.2 Å². The number of nitrogens with one attached hydrogen (secondary N) is 1. The second-order valence-corrected chi connectivity index (χ2v) is 7.34. The number of hydrogen-bond acceptors (Lipinski definition) is 4. The van der Waals surface area contributed by atoms with Crippen LogP contribution in [0.2, 0.25) is 0 Å². The van der Waals surface area contributed by atoms with Crippen molar-refractivity contribution in [2.75, 3.05) is 11.1 Å². The van der Waals surface area contributed by atoms with E-state index in [2.05, 4.69) is 15.5 Å². The first-order chi connectivity index (χ1) is 14.1. The number of halogens is 1. The number of nitrogens with zero attached hydrogens (tertiary/aromatic N) is 4. The molecule has 8 heteroatoms. The Labute approximate surface area is 171 Å². The molecule has 1 amide bonds. The van der Waals surface area contributed by atoms with E-state index >= 15 is 0 Å². The fourth-order valence-corrected chi connectivity index (χ4v) is 3.61. The average molecular weight is 407 g/mol. The van der Waals surface area contributed by atoms with Crippen LogP contribution < -0.4 is 5.32 Å². The number of rotatable bonds is 6. The molecule has 0 unspecified atom stereocenters. The zero-order valence-electron chi connectivity index (χ0n) is 15.6. The van der Waals surface area contributed by atoms with E-state index in [1.165, 1.54) is 23.9 Å². The fourth-order valence-electron chi connectivity index (χ4n) is 2.88. The lowest BCUT2D eigenvalue weighted by atomic mass is 10.1. The minimum atomic E-state index is -0.398. The Morgan fingerprint density at radius 1 is 1.07 bits per heavy atom. The molecule has 29 heavy (non-hydrogen) atoms. The van der Waals surface area contributed by atoms with Gasteiger partial charge >= 0.3 is 0 Å². The number of aryl methyl sites for hydroxylation is 1. The van der Waals surface area contributed by atoms with Crippen LogP contribution in [0.25, 0.3) is 11.4 Å². The van der Waals surface area contributed by atoms with E-state index in [0.29, 0.717) is 16.7 Å². The van der Waals surface area contributed by atoms with Crippen molar-refractivity contribution in [3.8, 4) is 11.4 Å². The number of hydrogen-bond donors (Lipinski definition) is 1. The third kappa shape index (κ3) is 4.38. The predicted octanol–water partition coefficient (Wildman–Crippen LogP) is 4.24. The van der Waals surface area contributed by atoms with Crippen LogP contribution in [0.4, 0.5) is 10.1 Å². The summed E-state index contributed by atoms with van der Waals surface area (Å²) in [6.45, 7) is 2.02. The van der Waals surface area contributed by atoms with Gasteiger partial charge in [0.1, 0.15) is 5.82 Å². The Balaban J connectivity index is 1.57. The molecule has 0 saturated carbocycles. The summed E-state index contributed by atoms with van der Waals surface area (Å²) in [4.78, 5) is 12.3. The van der Waals surface area contributed by atoms with E-state index in [4.69, 9.17) is 0 Å². The van der Waals surface area contributed by atoms with Gasteiger partial charge in [-0.3, -0.25) is 9.47 Å². The van der Waals surface area contributed by atoms with Gasteiger partial charge in [-0.1, -0.05) is 41.6 Å². The summed E-state index contributed by atoms with van der Waals surface area (Å²) < 4.78 is 17.0. The minimum Gasteiger partial charge on any atom is -0.325 e. The topological polar surface area (TPSA) is 64.7 Å². The molecule has 0 aliphatic carbocycles. The number of amides is 1. The molecule has 4 aromatic rings. The standard InChI is InChI=1S/C21H18FN5OS/c1-15-6-4-7-16(12-15)20-24-25-21(27(20)26-10-2-3-11-26)29-14-19(28)23-18-9-5-8-17(22)13-18/h2-13H,14H2,1H3,(H,23,28). The molecule has 6 nitrogen and oxygen atoms in total. The van der Waals surface area contributed by atoms with Crippen molar-refractivity contribution in [2.45, 2.75) is 12.1 Å². The van der Waals surface area contributed by atoms with Crippen molar-refractivity contribution >= 4 is 23.4 Å². The number of aromatic nitrogens is 4. The number of anilines is 1. The summed E-state index contributed by atoms with van der Waals surface area (Å²) in [6, 6.07) is 17.6. The lowest BCUT2D eigenvalue weighted by Crippen LogP contribution is -2.16. The van der Waals surface area contributed by atoms with Crippen LogP contribution in [0.3, 0.4) is 0 Å². The maximum absolute atomic E-state index is 13.3. The molecule has 1 N–H and O–H groups in total. The van der Waals surface area contributed by atoms with Crippen molar-refractivity contribution in [1.29, 1.82) is 0 Å². The van der Waals surface area contributed by atoms with Crippen molar-refractivity contribution < 1.29 is 9.18 Å². The molecule has 4 rings (SSSR count). The number of thioether (sulfide) groups is 1. The van der Waals surface area contributed by atoms with E-state index in [1.807, 2.05) is 65.1 Å². The highest BCUT2D eigenvalue weighted by molar-refractivity contribution is 7.99. The SMILES string of the molecule is Cc1cccc(-c2nnc(SCC(=O)Nc3cccc(F)c3)n2-n2cccc2)c1. The van der Waals surface area contributed by atoms with Gasteiger partial charge < -0.3 is 5.32 Å². The molecule has 0 spiro atoms. The van der Waals surface area contributed by atoms with Gasteiger partial charge in [0.05, 0.1) is 5.75 Å². The van der Waals surface area contributed by atoms with Crippen LogP contribution in [-0.2, 0) is 4.79 Å². The number of benzene rings is 2. The van der Waals surface area contributed by atoms with Gasteiger partial charge in [0.15, 0.2) is 5.82 Å². The molecule has 0 fully saturated rings. The first kappa shape index (κ1) is 18.9. The lowest BCUT2D eigenvalue weighted by molar-refractivity contribution is -0.113. The first-order valence-electron chi connectivity index (χ1n) is 8.94. The van der Waals surface area contributed by atoms with Gasteiger partial charge in [0.2, 0.25) is 11.1 Å². The van der Waals surface area contributed by atoms with Crippen molar-refractivity contribution in [2.24, 2.45) is 0 Å². The molecule has 0 radical (unpaired) electrons. The van der Waals surface area contributed by atoms with Crippen molar-refractivity contribution in [3.05, 3.63) is 84.4 Å². The number of carbonyl (C=O) groups is 1. The van der Waals surface area contributed by atoms with Crippen LogP contribution in [0.15, 0.2) is 78.2 Å². The van der Waals surface area contributed by atoms with Gasteiger partial charge in [0.25, 0.3) is 0 Å². The van der Waals surface area contributed by atoms with Crippen LogP contribution in [0.5, 0.6) is 0 Å². The molecule has 0 aliphatic rings. The first-order valence-corrected chi connectivity index (χ1v) is 9.93. The van der Waals surface area contributed by atoms with Crippen LogP contribution in [0.1, 0.15) is 5.56 Å². The minimum absolute atomic E-state index is 0.115. The largest absolute Gasteiger partial charge is 0.325 e. The maximum Gasteiger partial charge on any atom is 0.234 e. The van der Waals surface area contributed by atoms with Crippen LogP contribution >= 0.6 is 11.8 Å². The fraction of sp³-hybridized carbons (Fsp3) is 0.0952. The van der Waals surface area contributed by atoms with Crippen LogP contribution in [0, 0.1) is 12.7 Å². The van der Waals surface area contributed by atoms with Crippen LogP contribution in [-0.4, -0.2) is 31.2 Å². The summed E-state index contributed by atoms with van der Waals surface area (Å²) in [5, 5.41) is 11.9. The number of carbonyl (C=O) groups excluding carboxylic acids is 1. The summed E-state index contributed by atoms with van der Waals surface area (Å²) in [5.74, 6) is 0.146. The van der Waals surface area contributed by atoms with Gasteiger partial charge in [0, 0.05) is 23.6 Å². The summed E-state index contributed by atoms with van der Waals surface area (Å²) in [5.41, 5.74) is 2.47. The van der Waals surface area contributed by atoms with E-state index in [0.717, 1.165) is 11.1 Å². The maximum atomic E-state index is 13.3. The summed E-state index contributed by atoms with van der Waals surface area (Å²) in [7, 11) is 0. The average Bonchev–Trinajstić information content (AvgIpc) is 3.36. The second-order valence-electron chi connectivity index (χ2n) is 6.40. The van der Waals surface area contributed by atoms with Crippen molar-refractivity contribution in [3.63, 3.8) is 0 Å². The lowest BCUT2D eigenvalue weighted by Gasteiger charge is -2.11. The normalized spacial score (nSPS) is 10.8. The Bertz CT molecular complexity index is 1140. The quantitative estimate of drug-likeness (QED) is 0.486. The molecule has 0 saturated heterocycles. The molecular formula is C21H18FN5OS. The van der Waals surface area contributed by atoms with E-state index in [9.17, 15) is 9.18 Å². The molecule has 0 bridgehead atoms. The molecular weight excluding hydrogens is 389 g/mol. The van der Waals surface area contributed by atoms with Gasteiger partial charge in [-0.2, -0.15) is 0 Å². The van der Waals surface area contributed by atoms with Gasteiger partial charge in [-0.05, 0) is 43.3 Å². The van der Waals surface area contributed by atoms with Gasteiger partial charge in [-0.25, -0.2) is 9.07 Å². The Hall–Kier alpha value is -3.39. The molecule has 2 aromatic heterocycles. The monoisotopic (exact) mass is 407 g/mol. The second kappa shape index (κ2) is 8.32. The highest BCUT2D eigenvalue weighted by atomic mass is 32.2. The zero-order chi connectivity index (χ0) is 20.2. The molecule has 2 heterocycles. The highest BCUT2D eigenvalue weighted by Crippen LogP contribution is 2.25. The predicted molar refractivity (Wildman–Crippen MR) is 111 cm³/mol. The molecule has 0 atom stereocenters. The Morgan fingerprint density at radius 2 is 1.86 bits per heavy atom. The van der Waals surface area contributed by atoms with E-state index < -0.39 is 5.82 Å². The summed E-state index contributed by atoms with van der Waals surface area (Å²) >= 11 is 1.26. The molecule has 0 aliphatic heterocycles.